The van der Waals surface area contributed by atoms with Gasteiger partial charge in [0.2, 0.25) is 5.91 Å². The molecule has 1 aliphatic rings. The summed E-state index contributed by atoms with van der Waals surface area (Å²) >= 11 is 0. The lowest BCUT2D eigenvalue weighted by Crippen LogP contribution is -2.25. The molecule has 1 fully saturated rings. The summed E-state index contributed by atoms with van der Waals surface area (Å²) in [6.45, 7) is 0.139. The second-order valence-electron chi connectivity index (χ2n) is 6.78. The normalized spacial score (nSPS) is 13.3. The van der Waals surface area contributed by atoms with Gasteiger partial charge in [-0.15, -0.1) is 0 Å². The van der Waals surface area contributed by atoms with Crippen molar-refractivity contribution in [1.29, 1.82) is 0 Å². The van der Waals surface area contributed by atoms with E-state index in [0.29, 0.717) is 17.2 Å². The van der Waals surface area contributed by atoms with Crippen LogP contribution in [0.4, 0.5) is 5.69 Å². The number of carbonyl (C=O) groups excluding carboxylic acids is 2. The lowest BCUT2D eigenvalue weighted by molar-refractivity contribution is -0.385. The molecule has 2 aromatic carbocycles. The molecule has 2 amide bonds. The molecular formula is C21H21N3O4. The van der Waals surface area contributed by atoms with Crippen LogP contribution in [0, 0.1) is 10.1 Å². The number of hydrogen-bond donors (Lipinski definition) is 1. The van der Waals surface area contributed by atoms with Gasteiger partial charge in [0.25, 0.3) is 11.6 Å². The Kier molecular flexibility index (Phi) is 5.84. The number of nitrogens with zero attached hydrogens (tertiary/aromatic N) is 2. The molecule has 7 nitrogen and oxygen atoms in total. The monoisotopic (exact) mass is 379 g/mol. The predicted octanol–water partition coefficient (Wildman–Crippen LogP) is 3.16. The largest absolute Gasteiger partial charge is 0.349 e. The van der Waals surface area contributed by atoms with Crippen LogP contribution in [0.15, 0.2) is 54.6 Å². The Balaban J connectivity index is 1.59. The molecule has 2 aromatic rings. The molecule has 0 aliphatic heterocycles. The van der Waals surface area contributed by atoms with Crippen LogP contribution < -0.4 is 5.32 Å². The fourth-order valence-electron chi connectivity index (χ4n) is 2.69. The maximum Gasteiger partial charge on any atom is 0.274 e. The second kappa shape index (κ2) is 8.47. The van der Waals surface area contributed by atoms with Crippen molar-refractivity contribution in [1.82, 2.24) is 10.2 Å². The first-order chi connectivity index (χ1) is 13.4. The second-order valence-corrected chi connectivity index (χ2v) is 6.78. The van der Waals surface area contributed by atoms with E-state index in [0.717, 1.165) is 18.4 Å². The van der Waals surface area contributed by atoms with E-state index in [4.69, 9.17) is 0 Å². The lowest BCUT2D eigenvalue weighted by Gasteiger charge is -2.15. The minimum absolute atomic E-state index is 0.00815. The molecule has 7 heteroatoms. The highest BCUT2D eigenvalue weighted by Crippen LogP contribution is 2.20. The zero-order chi connectivity index (χ0) is 20.1. The van der Waals surface area contributed by atoms with Gasteiger partial charge >= 0.3 is 0 Å². The van der Waals surface area contributed by atoms with E-state index in [1.165, 1.54) is 17.0 Å². The highest BCUT2D eigenvalue weighted by Gasteiger charge is 2.23. The van der Waals surface area contributed by atoms with Crippen LogP contribution in [0.1, 0.15) is 34.3 Å². The Morgan fingerprint density at radius 3 is 2.50 bits per heavy atom. The van der Waals surface area contributed by atoms with E-state index in [-0.39, 0.29) is 24.0 Å². The van der Waals surface area contributed by atoms with Crippen LogP contribution >= 0.6 is 0 Å². The first-order valence-electron chi connectivity index (χ1n) is 9.00. The number of likely N-dealkylation sites (N-methyl/N-ethyl adjacent to an activating group) is 1. The van der Waals surface area contributed by atoms with Crippen LogP contribution in [0.2, 0.25) is 0 Å². The van der Waals surface area contributed by atoms with E-state index in [1.54, 1.807) is 55.6 Å². The number of amides is 2. The van der Waals surface area contributed by atoms with Crippen molar-refractivity contribution >= 4 is 23.6 Å². The van der Waals surface area contributed by atoms with Gasteiger partial charge in [-0.3, -0.25) is 19.7 Å². The average Bonchev–Trinajstić information content (AvgIpc) is 3.50. The Labute approximate surface area is 162 Å². The molecule has 0 spiro atoms. The molecule has 0 atom stereocenters. The van der Waals surface area contributed by atoms with Gasteiger partial charge in [-0.2, -0.15) is 0 Å². The van der Waals surface area contributed by atoms with Gasteiger partial charge < -0.3 is 10.2 Å². The highest BCUT2D eigenvalue weighted by molar-refractivity contribution is 5.95. The van der Waals surface area contributed by atoms with Gasteiger partial charge in [0.1, 0.15) is 0 Å². The zero-order valence-electron chi connectivity index (χ0n) is 15.5. The molecular weight excluding hydrogens is 358 g/mol. The topological polar surface area (TPSA) is 92.5 Å². The highest BCUT2D eigenvalue weighted by atomic mass is 16.6. The van der Waals surface area contributed by atoms with E-state index in [9.17, 15) is 19.7 Å². The van der Waals surface area contributed by atoms with E-state index in [2.05, 4.69) is 5.32 Å². The number of rotatable bonds is 7. The first kappa shape index (κ1) is 19.3. The van der Waals surface area contributed by atoms with Gasteiger partial charge in [-0.05, 0) is 36.6 Å². The Morgan fingerprint density at radius 2 is 1.86 bits per heavy atom. The zero-order valence-corrected chi connectivity index (χ0v) is 15.5. The summed E-state index contributed by atoms with van der Waals surface area (Å²) in [6, 6.07) is 13.6. The molecule has 1 saturated carbocycles. The minimum Gasteiger partial charge on any atom is -0.349 e. The van der Waals surface area contributed by atoms with Crippen molar-refractivity contribution in [3.8, 4) is 0 Å². The summed E-state index contributed by atoms with van der Waals surface area (Å²) in [5.41, 5.74) is 1.84. The molecule has 0 heterocycles. The van der Waals surface area contributed by atoms with Crippen LogP contribution in [0.25, 0.3) is 6.08 Å². The van der Waals surface area contributed by atoms with Crippen molar-refractivity contribution in [2.75, 3.05) is 7.05 Å². The molecule has 0 saturated heterocycles. The number of para-hydroxylation sites is 1. The Morgan fingerprint density at radius 1 is 1.18 bits per heavy atom. The van der Waals surface area contributed by atoms with Crippen molar-refractivity contribution in [2.24, 2.45) is 0 Å². The van der Waals surface area contributed by atoms with Gasteiger partial charge in [0, 0.05) is 36.4 Å². The number of nitro groups is 1. The molecule has 0 unspecified atom stereocenters. The van der Waals surface area contributed by atoms with Gasteiger partial charge in [0.05, 0.1) is 11.5 Å². The van der Waals surface area contributed by atoms with Gasteiger partial charge in [-0.1, -0.05) is 30.3 Å². The Hall–Kier alpha value is -3.48. The van der Waals surface area contributed by atoms with E-state index < -0.39 is 4.92 Å². The maximum absolute atomic E-state index is 12.3. The van der Waals surface area contributed by atoms with Gasteiger partial charge in [0.15, 0.2) is 0 Å². The third-order valence-electron chi connectivity index (χ3n) is 4.48. The molecule has 144 valence electrons. The summed E-state index contributed by atoms with van der Waals surface area (Å²) in [4.78, 5) is 36.3. The smallest absolute Gasteiger partial charge is 0.274 e. The van der Waals surface area contributed by atoms with Crippen LogP contribution in [0.5, 0.6) is 0 Å². The fourth-order valence-corrected chi connectivity index (χ4v) is 2.69. The Bertz CT molecular complexity index is 918. The van der Waals surface area contributed by atoms with Crippen molar-refractivity contribution in [2.45, 2.75) is 25.4 Å². The molecule has 3 rings (SSSR count). The first-order valence-corrected chi connectivity index (χ1v) is 9.00. The number of benzene rings is 2. The summed E-state index contributed by atoms with van der Waals surface area (Å²) in [5, 5.41) is 14.0. The number of nitro benzene ring substituents is 1. The average molecular weight is 379 g/mol. The molecule has 28 heavy (non-hydrogen) atoms. The molecule has 0 radical (unpaired) electrons. The van der Waals surface area contributed by atoms with Crippen molar-refractivity contribution < 1.29 is 14.5 Å². The summed E-state index contributed by atoms with van der Waals surface area (Å²) in [7, 11) is 1.59. The minimum atomic E-state index is -0.454. The van der Waals surface area contributed by atoms with Crippen LogP contribution in [-0.4, -0.2) is 34.7 Å². The van der Waals surface area contributed by atoms with Gasteiger partial charge in [-0.25, -0.2) is 0 Å². The number of hydrogen-bond acceptors (Lipinski definition) is 4. The molecule has 1 aliphatic carbocycles. The standard InChI is InChI=1S/C21H21N3O4/c1-23(14-17-4-2-3-5-19(17)24(27)28)20(25)13-8-15-6-9-16(10-7-15)21(26)22-18-11-12-18/h2-10,13,18H,11-12,14H2,1H3,(H,22,26)/b13-8+. The summed E-state index contributed by atoms with van der Waals surface area (Å²) < 4.78 is 0. The molecule has 0 aromatic heterocycles. The third-order valence-corrected chi connectivity index (χ3v) is 4.48. The van der Waals surface area contributed by atoms with Crippen molar-refractivity contribution in [3.05, 3.63) is 81.4 Å². The SMILES string of the molecule is CN(Cc1ccccc1[N+](=O)[O-])C(=O)/C=C/c1ccc(C(=O)NC2CC2)cc1. The summed E-state index contributed by atoms with van der Waals surface area (Å²) in [5.74, 6) is -0.355. The molecule has 0 bridgehead atoms. The quantitative estimate of drug-likeness (QED) is 0.454. The third kappa shape index (κ3) is 5.03. The summed E-state index contributed by atoms with van der Waals surface area (Å²) in [6.07, 6.45) is 5.14. The predicted molar refractivity (Wildman–Crippen MR) is 106 cm³/mol. The number of carbonyl (C=O) groups is 2. The molecule has 1 N–H and O–H groups in total. The van der Waals surface area contributed by atoms with Crippen molar-refractivity contribution in [3.63, 3.8) is 0 Å². The number of nitrogens with one attached hydrogen (secondary N) is 1. The lowest BCUT2D eigenvalue weighted by atomic mass is 10.1. The van der Waals surface area contributed by atoms with Crippen LogP contribution in [0.3, 0.4) is 0 Å². The van der Waals surface area contributed by atoms with E-state index in [1.807, 2.05) is 0 Å². The van der Waals surface area contributed by atoms with E-state index >= 15 is 0 Å². The maximum atomic E-state index is 12.3. The van der Waals surface area contributed by atoms with Crippen LogP contribution in [-0.2, 0) is 11.3 Å². The fraction of sp³-hybridized carbons (Fsp3) is 0.238.